The molecule has 4 rings (SSSR count). The number of hydrogen-bond donors (Lipinski definition) is 2. The fraction of sp³-hybridized carbons (Fsp3) is 0.185. The van der Waals surface area contributed by atoms with Crippen molar-refractivity contribution < 1.29 is 24.5 Å². The molecule has 1 atom stereocenters. The Morgan fingerprint density at radius 3 is 2.33 bits per heavy atom. The lowest BCUT2D eigenvalue weighted by molar-refractivity contribution is -0.132. The summed E-state index contributed by atoms with van der Waals surface area (Å²) < 4.78 is 5.59. The molecule has 1 amide bonds. The Bertz CT molecular complexity index is 1210. The summed E-state index contributed by atoms with van der Waals surface area (Å²) in [5.74, 6) is -1.15. The number of aliphatic hydroxyl groups excluding tert-OH is 1. The van der Waals surface area contributed by atoms with Crippen molar-refractivity contribution in [1.29, 1.82) is 0 Å². The second-order valence-corrected chi connectivity index (χ2v) is 7.97. The predicted octanol–water partition coefficient (Wildman–Crippen LogP) is 5.12. The third kappa shape index (κ3) is 4.32. The number of carbonyl (C=O) groups excluding carboxylic acids is 2. The zero-order valence-corrected chi connectivity index (χ0v) is 18.5. The fourth-order valence-corrected chi connectivity index (χ4v) is 3.90. The normalized spacial score (nSPS) is 17.4. The topological polar surface area (TPSA) is 87.1 Å². The number of phenols is 1. The number of ketones is 1. The van der Waals surface area contributed by atoms with E-state index in [2.05, 4.69) is 0 Å². The zero-order valence-electron chi connectivity index (χ0n) is 18.5. The average molecular weight is 443 g/mol. The van der Waals surface area contributed by atoms with Crippen molar-refractivity contribution in [1.82, 2.24) is 0 Å². The number of anilines is 1. The second kappa shape index (κ2) is 9.20. The summed E-state index contributed by atoms with van der Waals surface area (Å²) in [6.45, 7) is 4.51. The molecular weight excluding hydrogens is 418 g/mol. The van der Waals surface area contributed by atoms with Gasteiger partial charge in [-0.05, 0) is 67.4 Å². The van der Waals surface area contributed by atoms with Crippen LogP contribution >= 0.6 is 0 Å². The van der Waals surface area contributed by atoms with Gasteiger partial charge in [0.15, 0.2) is 0 Å². The van der Waals surface area contributed by atoms with Crippen molar-refractivity contribution >= 4 is 23.1 Å². The number of amides is 1. The van der Waals surface area contributed by atoms with Gasteiger partial charge < -0.3 is 14.9 Å². The molecule has 0 bridgehead atoms. The molecule has 1 aliphatic heterocycles. The maximum absolute atomic E-state index is 13.2. The van der Waals surface area contributed by atoms with Crippen LogP contribution in [-0.2, 0) is 9.59 Å². The lowest BCUT2D eigenvalue weighted by Gasteiger charge is -2.25. The van der Waals surface area contributed by atoms with E-state index in [9.17, 15) is 19.8 Å². The molecule has 6 heteroatoms. The number of benzene rings is 3. The van der Waals surface area contributed by atoms with Crippen molar-refractivity contribution in [3.8, 4) is 11.5 Å². The highest BCUT2D eigenvalue weighted by molar-refractivity contribution is 6.51. The van der Waals surface area contributed by atoms with E-state index in [4.69, 9.17) is 4.74 Å². The van der Waals surface area contributed by atoms with Crippen LogP contribution in [0.2, 0.25) is 0 Å². The molecule has 0 aliphatic carbocycles. The number of aliphatic hydroxyl groups is 1. The van der Waals surface area contributed by atoms with E-state index in [1.54, 1.807) is 48.5 Å². The van der Waals surface area contributed by atoms with Gasteiger partial charge in [-0.25, -0.2) is 0 Å². The number of hydrogen-bond acceptors (Lipinski definition) is 5. The van der Waals surface area contributed by atoms with E-state index in [0.717, 1.165) is 12.0 Å². The zero-order chi connectivity index (χ0) is 23.5. The van der Waals surface area contributed by atoms with Gasteiger partial charge in [-0.2, -0.15) is 0 Å². The van der Waals surface area contributed by atoms with Crippen molar-refractivity contribution in [2.75, 3.05) is 11.5 Å². The van der Waals surface area contributed by atoms with Crippen molar-refractivity contribution in [3.05, 3.63) is 95.1 Å². The first-order valence-corrected chi connectivity index (χ1v) is 10.8. The van der Waals surface area contributed by atoms with Crippen LogP contribution in [0.25, 0.3) is 5.76 Å². The molecule has 0 aromatic heterocycles. The highest BCUT2D eigenvalue weighted by Gasteiger charge is 2.47. The van der Waals surface area contributed by atoms with E-state index in [1.807, 2.05) is 26.0 Å². The third-order valence-corrected chi connectivity index (χ3v) is 5.54. The molecule has 0 saturated carbocycles. The molecule has 1 fully saturated rings. The number of carbonyl (C=O) groups is 2. The molecule has 1 saturated heterocycles. The number of ether oxygens (including phenoxy) is 1. The lowest BCUT2D eigenvalue weighted by atomic mass is 9.95. The second-order valence-electron chi connectivity index (χ2n) is 7.97. The van der Waals surface area contributed by atoms with Crippen molar-refractivity contribution in [2.45, 2.75) is 26.3 Å². The van der Waals surface area contributed by atoms with Gasteiger partial charge >= 0.3 is 0 Å². The molecular formula is C27H25NO5. The maximum Gasteiger partial charge on any atom is 0.300 e. The summed E-state index contributed by atoms with van der Waals surface area (Å²) in [5.41, 5.74) is 2.41. The molecule has 6 nitrogen and oxygen atoms in total. The van der Waals surface area contributed by atoms with Gasteiger partial charge in [-0.3, -0.25) is 14.5 Å². The Balaban J connectivity index is 1.85. The van der Waals surface area contributed by atoms with Crippen molar-refractivity contribution in [3.63, 3.8) is 0 Å². The summed E-state index contributed by atoms with van der Waals surface area (Å²) in [7, 11) is 0. The number of aryl methyl sites for hydroxylation is 1. The van der Waals surface area contributed by atoms with Gasteiger partial charge in [0.1, 0.15) is 17.3 Å². The minimum atomic E-state index is -0.893. The van der Waals surface area contributed by atoms with Crippen LogP contribution in [0, 0.1) is 6.92 Å². The van der Waals surface area contributed by atoms with Crippen LogP contribution in [0.4, 0.5) is 5.69 Å². The van der Waals surface area contributed by atoms with Crippen LogP contribution < -0.4 is 9.64 Å². The van der Waals surface area contributed by atoms with Gasteiger partial charge in [0.25, 0.3) is 11.7 Å². The highest BCUT2D eigenvalue weighted by atomic mass is 16.5. The summed E-state index contributed by atoms with van der Waals surface area (Å²) in [6, 6.07) is 19.4. The molecule has 3 aromatic carbocycles. The van der Waals surface area contributed by atoms with Crippen LogP contribution in [0.3, 0.4) is 0 Å². The van der Waals surface area contributed by atoms with E-state index >= 15 is 0 Å². The Kier molecular flexibility index (Phi) is 6.18. The molecule has 2 N–H and O–H groups in total. The molecule has 1 unspecified atom stereocenters. The van der Waals surface area contributed by atoms with E-state index < -0.39 is 17.7 Å². The number of Topliss-reactive ketones (excluding diaryl/α,β-unsaturated/α-hetero) is 1. The third-order valence-electron chi connectivity index (χ3n) is 5.54. The quantitative estimate of drug-likeness (QED) is 0.314. The number of rotatable bonds is 6. The SMILES string of the molecule is CCCOc1ccc(/C(O)=C2/C(=O)C(=O)N(c3ccc(C)cc3)C2c2cccc(O)c2)cc1. The Morgan fingerprint density at radius 1 is 1.00 bits per heavy atom. The molecule has 0 radical (unpaired) electrons. The molecule has 168 valence electrons. The molecule has 33 heavy (non-hydrogen) atoms. The average Bonchev–Trinajstić information content (AvgIpc) is 3.08. The van der Waals surface area contributed by atoms with Crippen molar-refractivity contribution in [2.24, 2.45) is 0 Å². The van der Waals surface area contributed by atoms with E-state index in [-0.39, 0.29) is 17.1 Å². The first-order valence-electron chi connectivity index (χ1n) is 10.8. The van der Waals surface area contributed by atoms with E-state index in [0.29, 0.717) is 29.2 Å². The first kappa shape index (κ1) is 22.1. The van der Waals surface area contributed by atoms with Gasteiger partial charge in [0.05, 0.1) is 18.2 Å². The molecule has 0 spiro atoms. The monoisotopic (exact) mass is 443 g/mol. The summed E-state index contributed by atoms with van der Waals surface area (Å²) in [4.78, 5) is 27.6. The smallest absolute Gasteiger partial charge is 0.300 e. The lowest BCUT2D eigenvalue weighted by Crippen LogP contribution is -2.29. The van der Waals surface area contributed by atoms with Crippen LogP contribution in [0.5, 0.6) is 11.5 Å². The van der Waals surface area contributed by atoms with Crippen LogP contribution in [0.1, 0.15) is 36.1 Å². The van der Waals surface area contributed by atoms with Gasteiger partial charge in [-0.15, -0.1) is 0 Å². The van der Waals surface area contributed by atoms with Crippen LogP contribution in [0.15, 0.2) is 78.4 Å². The number of nitrogens with zero attached hydrogens (tertiary/aromatic N) is 1. The fourth-order valence-electron chi connectivity index (χ4n) is 3.90. The first-order chi connectivity index (χ1) is 15.9. The summed E-state index contributed by atoms with van der Waals surface area (Å²) in [5, 5.41) is 21.2. The van der Waals surface area contributed by atoms with Crippen LogP contribution in [-0.4, -0.2) is 28.5 Å². The molecule has 3 aromatic rings. The maximum atomic E-state index is 13.2. The predicted molar refractivity (Wildman–Crippen MR) is 126 cm³/mol. The van der Waals surface area contributed by atoms with Gasteiger partial charge in [0.2, 0.25) is 0 Å². The van der Waals surface area contributed by atoms with Gasteiger partial charge in [0, 0.05) is 11.3 Å². The minimum Gasteiger partial charge on any atom is -0.508 e. The molecule has 1 heterocycles. The number of phenolic OH excluding ortho intramolecular Hbond substituents is 1. The molecule has 1 aliphatic rings. The Hall–Kier alpha value is -4.06. The largest absolute Gasteiger partial charge is 0.508 e. The summed E-state index contributed by atoms with van der Waals surface area (Å²) >= 11 is 0. The Labute approximate surface area is 192 Å². The van der Waals surface area contributed by atoms with E-state index in [1.165, 1.54) is 17.0 Å². The highest BCUT2D eigenvalue weighted by Crippen LogP contribution is 2.42. The summed E-state index contributed by atoms with van der Waals surface area (Å²) in [6.07, 6.45) is 0.869. The minimum absolute atomic E-state index is 0.000537. The Morgan fingerprint density at radius 2 is 1.70 bits per heavy atom. The standard InChI is InChI=1S/C27H25NO5/c1-3-15-33-22-13-9-18(10-14-22)25(30)23-24(19-5-4-6-21(29)16-19)28(27(32)26(23)31)20-11-7-17(2)8-12-20/h4-14,16,24,29-30H,3,15H2,1-2H3/b25-23-. The number of aromatic hydroxyl groups is 1. The van der Waals surface area contributed by atoms with Gasteiger partial charge in [-0.1, -0.05) is 36.8 Å².